The second-order valence-electron chi connectivity index (χ2n) is 5.95. The van der Waals surface area contributed by atoms with E-state index in [1.807, 2.05) is 20.9 Å². The number of aromatic nitrogens is 2. The van der Waals surface area contributed by atoms with Crippen LogP contribution in [0.4, 0.5) is 5.69 Å². The van der Waals surface area contributed by atoms with Gasteiger partial charge in [0.1, 0.15) is 0 Å². The summed E-state index contributed by atoms with van der Waals surface area (Å²) in [5, 5.41) is 7.62. The van der Waals surface area contributed by atoms with Gasteiger partial charge in [0.15, 0.2) is 0 Å². The Morgan fingerprint density at radius 2 is 2.00 bits per heavy atom. The van der Waals surface area contributed by atoms with Crippen LogP contribution in [0.5, 0.6) is 0 Å². The molecule has 0 bridgehead atoms. The Hall–Kier alpha value is -2.17. The summed E-state index contributed by atoms with van der Waals surface area (Å²) >= 11 is 0. The summed E-state index contributed by atoms with van der Waals surface area (Å²) in [6.45, 7) is 14.8. The number of nitrogens with zero attached hydrogens (tertiary/aromatic N) is 4. The molecular formula is C18H28N4O. The molecule has 0 radical (unpaired) electrons. The predicted molar refractivity (Wildman–Crippen MR) is 95.0 cm³/mol. The third-order valence-electron chi connectivity index (χ3n) is 4.37. The normalized spacial score (nSPS) is 13.3. The Balaban J connectivity index is 3.19. The molecule has 1 heterocycles. The van der Waals surface area contributed by atoms with Crippen LogP contribution < -0.4 is 4.90 Å². The summed E-state index contributed by atoms with van der Waals surface area (Å²) in [7, 11) is 2.01. The van der Waals surface area contributed by atoms with Gasteiger partial charge in [-0.2, -0.15) is 10.2 Å². The standard InChI is InChI=1S/C18H28N4O/c1-8-17(15(6)21(7)14(5)13(3)4)18(23)22(9-2)16-10-11-19-20-12-16/h8,10-14H,1,9H2,2-7H3/b17-15+. The van der Waals surface area contributed by atoms with Crippen LogP contribution in [-0.2, 0) is 4.79 Å². The van der Waals surface area contributed by atoms with Gasteiger partial charge in [0, 0.05) is 25.3 Å². The number of likely N-dealkylation sites (N-methyl/N-ethyl adjacent to an activating group) is 1. The summed E-state index contributed by atoms with van der Waals surface area (Å²) in [4.78, 5) is 16.8. The zero-order valence-electron chi connectivity index (χ0n) is 15.1. The van der Waals surface area contributed by atoms with Crippen LogP contribution in [0.25, 0.3) is 0 Å². The number of carbonyl (C=O) groups is 1. The predicted octanol–water partition coefficient (Wildman–Crippen LogP) is 3.27. The molecule has 1 unspecified atom stereocenters. The Labute approximate surface area is 139 Å². The first-order valence-electron chi connectivity index (χ1n) is 7.99. The van der Waals surface area contributed by atoms with Crippen molar-refractivity contribution >= 4 is 11.6 Å². The molecule has 5 nitrogen and oxygen atoms in total. The maximum absolute atomic E-state index is 13.0. The Morgan fingerprint density at radius 1 is 1.35 bits per heavy atom. The Morgan fingerprint density at radius 3 is 2.43 bits per heavy atom. The largest absolute Gasteiger partial charge is 0.375 e. The van der Waals surface area contributed by atoms with Crippen molar-refractivity contribution in [2.75, 3.05) is 18.5 Å². The number of amides is 1. The molecule has 0 saturated carbocycles. The number of hydrogen-bond acceptors (Lipinski definition) is 4. The minimum atomic E-state index is -0.0733. The van der Waals surface area contributed by atoms with Gasteiger partial charge < -0.3 is 9.80 Å². The third-order valence-corrected chi connectivity index (χ3v) is 4.37. The van der Waals surface area contributed by atoms with E-state index in [4.69, 9.17) is 0 Å². The average molecular weight is 316 g/mol. The molecule has 0 N–H and O–H groups in total. The number of anilines is 1. The molecule has 1 aromatic heterocycles. The van der Waals surface area contributed by atoms with Gasteiger partial charge in [0.2, 0.25) is 0 Å². The van der Waals surface area contributed by atoms with Gasteiger partial charge in [-0.3, -0.25) is 4.79 Å². The first kappa shape index (κ1) is 18.9. The molecule has 1 atom stereocenters. The van der Waals surface area contributed by atoms with Crippen LogP contribution in [0, 0.1) is 5.92 Å². The van der Waals surface area contributed by atoms with Crippen molar-refractivity contribution < 1.29 is 4.79 Å². The van der Waals surface area contributed by atoms with E-state index >= 15 is 0 Å². The van der Waals surface area contributed by atoms with Crippen molar-refractivity contribution in [2.24, 2.45) is 5.92 Å². The van der Waals surface area contributed by atoms with Gasteiger partial charge in [-0.15, -0.1) is 0 Å². The van der Waals surface area contributed by atoms with Crippen LogP contribution >= 0.6 is 0 Å². The van der Waals surface area contributed by atoms with Crippen molar-refractivity contribution in [3.63, 3.8) is 0 Å². The van der Waals surface area contributed by atoms with Gasteiger partial charge in [-0.1, -0.05) is 26.5 Å². The fourth-order valence-electron chi connectivity index (χ4n) is 2.36. The molecule has 0 aromatic carbocycles. The minimum absolute atomic E-state index is 0.0733. The van der Waals surface area contributed by atoms with Crippen LogP contribution in [0.1, 0.15) is 34.6 Å². The van der Waals surface area contributed by atoms with Gasteiger partial charge in [0.05, 0.1) is 23.7 Å². The zero-order valence-corrected chi connectivity index (χ0v) is 15.1. The SMILES string of the molecule is C=C/C(C(=O)N(CC)c1ccnnc1)=C(/C)N(C)C(C)C(C)C. The fraction of sp³-hybridized carbons (Fsp3) is 0.500. The van der Waals surface area contributed by atoms with Crippen LogP contribution in [-0.4, -0.2) is 40.6 Å². The zero-order chi connectivity index (χ0) is 17.6. The highest BCUT2D eigenvalue weighted by Crippen LogP contribution is 2.21. The highest BCUT2D eigenvalue weighted by molar-refractivity contribution is 6.07. The molecule has 1 amide bonds. The van der Waals surface area contributed by atoms with E-state index < -0.39 is 0 Å². The van der Waals surface area contributed by atoms with Crippen molar-refractivity contribution in [1.29, 1.82) is 0 Å². The molecule has 1 rings (SSSR count). The molecule has 0 spiro atoms. The first-order valence-corrected chi connectivity index (χ1v) is 7.99. The lowest BCUT2D eigenvalue weighted by molar-refractivity contribution is -0.115. The van der Waals surface area contributed by atoms with E-state index in [9.17, 15) is 4.79 Å². The van der Waals surface area contributed by atoms with Gasteiger partial charge >= 0.3 is 0 Å². The van der Waals surface area contributed by atoms with Crippen LogP contribution in [0.3, 0.4) is 0 Å². The van der Waals surface area contributed by atoms with Crippen molar-refractivity contribution in [2.45, 2.75) is 40.7 Å². The summed E-state index contributed by atoms with van der Waals surface area (Å²) in [6, 6.07) is 2.11. The highest BCUT2D eigenvalue weighted by Gasteiger charge is 2.22. The molecule has 0 saturated heterocycles. The smallest absolute Gasteiger partial charge is 0.260 e. The molecule has 1 aromatic rings. The molecule has 0 fully saturated rings. The number of hydrogen-bond donors (Lipinski definition) is 0. The summed E-state index contributed by atoms with van der Waals surface area (Å²) in [5.41, 5.74) is 2.27. The fourth-order valence-corrected chi connectivity index (χ4v) is 2.36. The highest BCUT2D eigenvalue weighted by atomic mass is 16.2. The van der Waals surface area contributed by atoms with Crippen molar-refractivity contribution in [3.05, 3.63) is 42.4 Å². The van der Waals surface area contributed by atoms with E-state index in [0.29, 0.717) is 24.1 Å². The first-order chi connectivity index (χ1) is 10.8. The van der Waals surface area contributed by atoms with Crippen LogP contribution in [0.15, 0.2) is 42.4 Å². The number of rotatable bonds is 7. The summed E-state index contributed by atoms with van der Waals surface area (Å²) in [6.07, 6.45) is 4.82. The van der Waals surface area contributed by atoms with E-state index in [0.717, 1.165) is 11.4 Å². The third kappa shape index (κ3) is 4.41. The molecule has 23 heavy (non-hydrogen) atoms. The van der Waals surface area contributed by atoms with Gasteiger partial charge in [-0.05, 0) is 32.8 Å². The summed E-state index contributed by atoms with van der Waals surface area (Å²) in [5.74, 6) is 0.415. The minimum Gasteiger partial charge on any atom is -0.375 e. The Kier molecular flexibility index (Phi) is 6.94. The summed E-state index contributed by atoms with van der Waals surface area (Å²) < 4.78 is 0. The molecule has 0 aliphatic rings. The topological polar surface area (TPSA) is 49.3 Å². The van der Waals surface area contributed by atoms with Gasteiger partial charge in [0.25, 0.3) is 5.91 Å². The van der Waals surface area contributed by atoms with Crippen LogP contribution in [0.2, 0.25) is 0 Å². The van der Waals surface area contributed by atoms with Crippen molar-refractivity contribution in [1.82, 2.24) is 15.1 Å². The Bertz CT molecular complexity index is 566. The van der Waals surface area contributed by atoms with E-state index in [1.165, 1.54) is 0 Å². The lowest BCUT2D eigenvalue weighted by Gasteiger charge is -2.32. The molecule has 126 valence electrons. The lowest BCUT2D eigenvalue weighted by atomic mass is 10.0. The number of carbonyl (C=O) groups excluding carboxylic acids is 1. The monoisotopic (exact) mass is 316 g/mol. The quantitative estimate of drug-likeness (QED) is 0.572. The second-order valence-corrected chi connectivity index (χ2v) is 5.95. The lowest BCUT2D eigenvalue weighted by Crippen LogP contribution is -2.36. The molecule has 0 aliphatic carbocycles. The maximum atomic E-state index is 13.0. The van der Waals surface area contributed by atoms with E-state index in [-0.39, 0.29) is 5.91 Å². The van der Waals surface area contributed by atoms with E-state index in [1.54, 1.807) is 29.4 Å². The average Bonchev–Trinajstić information content (AvgIpc) is 2.55. The maximum Gasteiger partial charge on any atom is 0.260 e. The van der Waals surface area contributed by atoms with Gasteiger partial charge in [-0.25, -0.2) is 0 Å². The molecule has 5 heteroatoms. The second kappa shape index (κ2) is 8.46. The van der Waals surface area contributed by atoms with Crippen molar-refractivity contribution in [3.8, 4) is 0 Å². The van der Waals surface area contributed by atoms with E-state index in [2.05, 4.69) is 42.4 Å². The molecule has 0 aliphatic heterocycles. The molecular weight excluding hydrogens is 288 g/mol. The number of allylic oxidation sites excluding steroid dienone is 1.